The summed E-state index contributed by atoms with van der Waals surface area (Å²) in [6.45, 7) is 2.22. The van der Waals surface area contributed by atoms with Gasteiger partial charge in [-0.05, 0) is 24.6 Å². The van der Waals surface area contributed by atoms with Crippen LogP contribution in [0.3, 0.4) is 0 Å². The molecule has 0 spiro atoms. The maximum absolute atomic E-state index is 11.8. The topological polar surface area (TPSA) is 90.0 Å². The number of rotatable bonds is 4. The molecule has 0 saturated carbocycles. The van der Waals surface area contributed by atoms with Crippen LogP contribution in [-0.2, 0) is 17.9 Å². The number of hydrogen-bond acceptors (Lipinski definition) is 4. The summed E-state index contributed by atoms with van der Waals surface area (Å²) in [4.78, 5) is 27.5. The smallest absolute Gasteiger partial charge is 0.251 e. The summed E-state index contributed by atoms with van der Waals surface area (Å²) >= 11 is 0. The minimum atomic E-state index is -0.258. The quantitative estimate of drug-likeness (QED) is 0.845. The Kier molecular flexibility index (Phi) is 4.14. The predicted octanol–water partition coefficient (Wildman–Crippen LogP) is 0.450. The van der Waals surface area contributed by atoms with Gasteiger partial charge in [0, 0.05) is 36.4 Å². The molecule has 2 heterocycles. The van der Waals surface area contributed by atoms with E-state index < -0.39 is 0 Å². The average molecular weight is 272 g/mol. The van der Waals surface area contributed by atoms with Crippen LogP contribution in [-0.4, -0.2) is 15.5 Å². The van der Waals surface area contributed by atoms with Gasteiger partial charge < -0.3 is 15.6 Å². The van der Waals surface area contributed by atoms with Crippen molar-refractivity contribution in [2.45, 2.75) is 20.0 Å². The molecule has 0 unspecified atom stereocenters. The fourth-order valence-electron chi connectivity index (χ4n) is 1.69. The van der Waals surface area contributed by atoms with Crippen LogP contribution in [0.1, 0.15) is 11.3 Å². The van der Waals surface area contributed by atoms with Crippen molar-refractivity contribution in [3.63, 3.8) is 0 Å². The summed E-state index contributed by atoms with van der Waals surface area (Å²) in [6.07, 6.45) is 3.16. The molecule has 3 N–H and O–H groups in total. The highest BCUT2D eigenvalue weighted by Crippen LogP contribution is 1.99. The number of nitrogen functional groups attached to an aromatic ring is 1. The Labute approximate surface area is 116 Å². The van der Waals surface area contributed by atoms with Gasteiger partial charge in [-0.25, -0.2) is 0 Å². The summed E-state index contributed by atoms with van der Waals surface area (Å²) in [5.74, 6) is -0.252. The van der Waals surface area contributed by atoms with Crippen molar-refractivity contribution in [1.29, 1.82) is 0 Å². The van der Waals surface area contributed by atoms with Crippen molar-refractivity contribution in [3.05, 3.63) is 58.3 Å². The molecule has 0 radical (unpaired) electrons. The first-order valence-electron chi connectivity index (χ1n) is 6.19. The number of nitrogens with one attached hydrogen (secondary N) is 1. The van der Waals surface area contributed by atoms with Crippen LogP contribution in [0.25, 0.3) is 0 Å². The van der Waals surface area contributed by atoms with Gasteiger partial charge in [0.05, 0.1) is 0 Å². The van der Waals surface area contributed by atoms with Crippen molar-refractivity contribution in [2.75, 3.05) is 5.73 Å². The van der Waals surface area contributed by atoms with Crippen molar-refractivity contribution >= 4 is 11.6 Å². The van der Waals surface area contributed by atoms with E-state index in [0.717, 1.165) is 11.3 Å². The number of carbonyl (C=O) groups is 1. The molecule has 0 saturated heterocycles. The number of carbonyl (C=O) groups excluding carboxylic acids is 1. The average Bonchev–Trinajstić information content (AvgIpc) is 2.42. The van der Waals surface area contributed by atoms with Crippen LogP contribution in [0.5, 0.6) is 0 Å². The summed E-state index contributed by atoms with van der Waals surface area (Å²) in [5.41, 5.74) is 7.60. The number of anilines is 1. The first kappa shape index (κ1) is 13.8. The van der Waals surface area contributed by atoms with E-state index >= 15 is 0 Å². The molecule has 2 rings (SSSR count). The molecule has 0 bridgehead atoms. The number of aryl methyl sites for hydroxylation is 1. The van der Waals surface area contributed by atoms with E-state index in [4.69, 9.17) is 5.73 Å². The molecular formula is C14H16N4O2. The molecule has 0 fully saturated rings. The number of nitrogens with two attached hydrogens (primary N) is 1. The van der Waals surface area contributed by atoms with Crippen LogP contribution in [0, 0.1) is 6.92 Å². The van der Waals surface area contributed by atoms with Crippen LogP contribution < -0.4 is 16.6 Å². The minimum Gasteiger partial charge on any atom is -0.398 e. The lowest BCUT2D eigenvalue weighted by Gasteiger charge is -2.08. The zero-order valence-corrected chi connectivity index (χ0v) is 11.2. The number of aromatic nitrogens is 2. The van der Waals surface area contributed by atoms with Gasteiger partial charge in [0.15, 0.2) is 0 Å². The first-order valence-corrected chi connectivity index (χ1v) is 6.19. The zero-order chi connectivity index (χ0) is 14.5. The highest BCUT2D eigenvalue weighted by molar-refractivity contribution is 5.75. The maximum Gasteiger partial charge on any atom is 0.251 e. The second-order valence-corrected chi connectivity index (χ2v) is 4.51. The Hall–Kier alpha value is -2.63. The highest BCUT2D eigenvalue weighted by atomic mass is 16.2. The van der Waals surface area contributed by atoms with E-state index in [1.165, 1.54) is 22.9 Å². The zero-order valence-electron chi connectivity index (χ0n) is 11.2. The number of nitrogens with zero attached hydrogens (tertiary/aromatic N) is 2. The second-order valence-electron chi connectivity index (χ2n) is 4.51. The Balaban J connectivity index is 1.94. The van der Waals surface area contributed by atoms with E-state index in [1.807, 2.05) is 19.1 Å². The normalized spacial score (nSPS) is 10.2. The molecule has 104 valence electrons. The minimum absolute atomic E-state index is 0.0524. The van der Waals surface area contributed by atoms with E-state index in [0.29, 0.717) is 12.2 Å². The molecule has 0 aromatic carbocycles. The fourth-order valence-corrected chi connectivity index (χ4v) is 1.69. The third kappa shape index (κ3) is 3.68. The molecule has 0 aliphatic heterocycles. The molecule has 6 nitrogen and oxygen atoms in total. The Bertz CT molecular complexity index is 662. The Morgan fingerprint density at radius 1 is 1.35 bits per heavy atom. The van der Waals surface area contributed by atoms with E-state index in [1.54, 1.807) is 6.20 Å². The fraction of sp³-hybridized carbons (Fsp3) is 0.214. The molecule has 0 atom stereocenters. The largest absolute Gasteiger partial charge is 0.398 e. The Morgan fingerprint density at radius 2 is 2.15 bits per heavy atom. The molecule has 6 heteroatoms. The number of pyridine rings is 2. The summed E-state index contributed by atoms with van der Waals surface area (Å²) < 4.78 is 1.28. The van der Waals surface area contributed by atoms with Gasteiger partial charge >= 0.3 is 0 Å². The monoisotopic (exact) mass is 272 g/mol. The van der Waals surface area contributed by atoms with Crippen molar-refractivity contribution < 1.29 is 4.79 Å². The van der Waals surface area contributed by atoms with Crippen molar-refractivity contribution in [3.8, 4) is 0 Å². The summed E-state index contributed by atoms with van der Waals surface area (Å²) in [5, 5.41) is 2.73. The lowest BCUT2D eigenvalue weighted by atomic mass is 10.2. The predicted molar refractivity (Wildman–Crippen MR) is 75.9 cm³/mol. The van der Waals surface area contributed by atoms with Gasteiger partial charge in [0.25, 0.3) is 5.56 Å². The Morgan fingerprint density at radius 3 is 2.85 bits per heavy atom. The molecule has 0 aliphatic carbocycles. The molecule has 1 amide bonds. The van der Waals surface area contributed by atoms with Gasteiger partial charge in [-0.15, -0.1) is 0 Å². The molecule has 0 aliphatic rings. The lowest BCUT2D eigenvalue weighted by Crippen LogP contribution is -2.31. The third-order valence-electron chi connectivity index (χ3n) is 2.78. The van der Waals surface area contributed by atoms with Crippen LogP contribution in [0.2, 0.25) is 0 Å². The van der Waals surface area contributed by atoms with E-state index in [2.05, 4.69) is 10.3 Å². The van der Waals surface area contributed by atoms with Gasteiger partial charge in [-0.2, -0.15) is 0 Å². The van der Waals surface area contributed by atoms with Crippen molar-refractivity contribution in [1.82, 2.24) is 14.9 Å². The highest BCUT2D eigenvalue weighted by Gasteiger charge is 2.04. The van der Waals surface area contributed by atoms with Gasteiger partial charge in [0.2, 0.25) is 5.91 Å². The molecule has 20 heavy (non-hydrogen) atoms. The van der Waals surface area contributed by atoms with Crippen molar-refractivity contribution in [2.24, 2.45) is 0 Å². The maximum atomic E-state index is 11.8. The van der Waals surface area contributed by atoms with Crippen LogP contribution in [0.15, 0.2) is 41.5 Å². The SMILES string of the molecule is Cc1ccc(CNC(=O)Cn2cc(N)ccc2=O)cn1. The number of hydrogen-bond donors (Lipinski definition) is 2. The molecular weight excluding hydrogens is 256 g/mol. The van der Waals surface area contributed by atoms with Gasteiger partial charge in [-0.3, -0.25) is 14.6 Å². The summed E-state index contributed by atoms with van der Waals surface area (Å²) in [7, 11) is 0. The third-order valence-corrected chi connectivity index (χ3v) is 2.78. The van der Waals surface area contributed by atoms with Gasteiger partial charge in [0.1, 0.15) is 6.54 Å². The first-order chi connectivity index (χ1) is 9.54. The standard InChI is InChI=1S/C14H16N4O2/c1-10-2-3-11(6-16-10)7-17-13(19)9-18-8-12(15)4-5-14(18)20/h2-6,8H,7,9,15H2,1H3,(H,17,19). The second kappa shape index (κ2) is 6.01. The van der Waals surface area contributed by atoms with Crippen LogP contribution >= 0.6 is 0 Å². The summed E-state index contributed by atoms with van der Waals surface area (Å²) in [6, 6.07) is 6.63. The number of amides is 1. The van der Waals surface area contributed by atoms with E-state index in [9.17, 15) is 9.59 Å². The van der Waals surface area contributed by atoms with Crippen LogP contribution in [0.4, 0.5) is 5.69 Å². The van der Waals surface area contributed by atoms with E-state index in [-0.39, 0.29) is 18.0 Å². The molecule has 2 aromatic heterocycles. The lowest BCUT2D eigenvalue weighted by molar-refractivity contribution is -0.121. The molecule has 2 aromatic rings. The van der Waals surface area contributed by atoms with Gasteiger partial charge in [-0.1, -0.05) is 6.07 Å².